The van der Waals surface area contributed by atoms with Crippen LogP contribution in [0.4, 0.5) is 11.5 Å². The average molecular weight is 590 g/mol. The first-order valence-corrected chi connectivity index (χ1v) is 14.4. The maximum Gasteiger partial charge on any atom is 0.414 e. The molecule has 0 N–H and O–H groups in total. The Bertz CT molecular complexity index is 1490. The fourth-order valence-corrected chi connectivity index (χ4v) is 5.27. The highest BCUT2D eigenvalue weighted by Gasteiger charge is 2.28. The number of fused-ring (bicyclic) bond motifs is 1. The van der Waals surface area contributed by atoms with Gasteiger partial charge in [-0.3, -0.25) is 9.47 Å². The second kappa shape index (κ2) is 12.7. The Kier molecular flexibility index (Phi) is 8.43. The quantitative estimate of drug-likeness (QED) is 0.175. The van der Waals surface area contributed by atoms with Crippen molar-refractivity contribution in [3.8, 4) is 17.5 Å². The maximum absolute atomic E-state index is 11.0. The zero-order chi connectivity index (χ0) is 28.9. The van der Waals surface area contributed by atoms with Crippen LogP contribution in [0.2, 0.25) is 5.02 Å². The highest BCUT2D eigenvalue weighted by Crippen LogP contribution is 2.26. The summed E-state index contributed by atoms with van der Waals surface area (Å²) in [7, 11) is 0. The lowest BCUT2D eigenvalue weighted by molar-refractivity contribution is -0.389. The van der Waals surface area contributed by atoms with Gasteiger partial charge in [0.2, 0.25) is 0 Å². The molecule has 1 fully saturated rings. The first kappa shape index (κ1) is 27.9. The zero-order valence-electron chi connectivity index (χ0n) is 23.1. The number of piperazine rings is 1. The van der Waals surface area contributed by atoms with Crippen molar-refractivity contribution in [2.75, 3.05) is 37.7 Å². The van der Waals surface area contributed by atoms with E-state index in [-0.39, 0.29) is 17.9 Å². The molecule has 0 radical (unpaired) electrons. The number of imidazole rings is 1. The SMILES string of the molecule is O=[N+]([O-])c1cn2c(n1)O[C@@H](COc1ccc(N3CCN(Cc4ccc(OCc5ccc(Cl)cc5)cc4)CC3)cc1)CC2. The van der Waals surface area contributed by atoms with Gasteiger partial charge < -0.3 is 29.2 Å². The van der Waals surface area contributed by atoms with Gasteiger partial charge in [-0.15, -0.1) is 0 Å². The highest BCUT2D eigenvalue weighted by molar-refractivity contribution is 6.30. The summed E-state index contributed by atoms with van der Waals surface area (Å²) in [5.74, 6) is 1.42. The molecule has 0 aliphatic carbocycles. The lowest BCUT2D eigenvalue weighted by Crippen LogP contribution is -2.45. The van der Waals surface area contributed by atoms with Crippen molar-refractivity contribution in [1.29, 1.82) is 0 Å². The predicted octanol–water partition coefficient (Wildman–Crippen LogP) is 5.58. The maximum atomic E-state index is 11.0. The van der Waals surface area contributed by atoms with Crippen molar-refractivity contribution in [3.05, 3.63) is 105 Å². The normalized spacial score (nSPS) is 16.9. The molecule has 3 heterocycles. The van der Waals surface area contributed by atoms with Crippen LogP contribution in [0.1, 0.15) is 17.5 Å². The summed E-state index contributed by atoms with van der Waals surface area (Å²) in [5, 5.41) is 11.7. The van der Waals surface area contributed by atoms with Gasteiger partial charge >= 0.3 is 11.8 Å². The summed E-state index contributed by atoms with van der Waals surface area (Å²) in [5.41, 5.74) is 3.53. The van der Waals surface area contributed by atoms with E-state index in [2.05, 4.69) is 39.0 Å². The Morgan fingerprint density at radius 2 is 1.55 bits per heavy atom. The van der Waals surface area contributed by atoms with Crippen LogP contribution < -0.4 is 19.1 Å². The minimum Gasteiger partial charge on any atom is -0.490 e. The number of ether oxygens (including phenoxy) is 3. The van der Waals surface area contributed by atoms with Crippen molar-refractivity contribution < 1.29 is 19.1 Å². The summed E-state index contributed by atoms with van der Waals surface area (Å²) in [6, 6.07) is 24.4. The van der Waals surface area contributed by atoms with Crippen LogP contribution in [-0.4, -0.2) is 58.3 Å². The summed E-state index contributed by atoms with van der Waals surface area (Å²) in [6.07, 6.45) is 1.90. The van der Waals surface area contributed by atoms with Gasteiger partial charge in [0.25, 0.3) is 0 Å². The second-order valence-corrected chi connectivity index (χ2v) is 10.9. The molecule has 6 rings (SSSR count). The van der Waals surface area contributed by atoms with E-state index >= 15 is 0 Å². The molecular weight excluding hydrogens is 558 g/mol. The third-order valence-electron chi connectivity index (χ3n) is 7.54. The van der Waals surface area contributed by atoms with Crippen molar-refractivity contribution in [2.24, 2.45) is 0 Å². The molecule has 11 heteroatoms. The smallest absolute Gasteiger partial charge is 0.414 e. The number of halogens is 1. The summed E-state index contributed by atoms with van der Waals surface area (Å²) < 4.78 is 19.3. The largest absolute Gasteiger partial charge is 0.490 e. The molecule has 0 amide bonds. The Morgan fingerprint density at radius 3 is 2.26 bits per heavy atom. The molecule has 1 atom stereocenters. The van der Waals surface area contributed by atoms with Crippen LogP contribution in [0.25, 0.3) is 0 Å². The molecule has 2 aliphatic rings. The van der Waals surface area contributed by atoms with Gasteiger partial charge in [0.05, 0.1) is 0 Å². The van der Waals surface area contributed by atoms with Gasteiger partial charge in [0, 0.05) is 61.4 Å². The van der Waals surface area contributed by atoms with Crippen molar-refractivity contribution >= 4 is 23.1 Å². The topological polar surface area (TPSA) is 95.1 Å². The number of aromatic nitrogens is 2. The number of hydrogen-bond donors (Lipinski definition) is 0. The molecule has 0 saturated carbocycles. The van der Waals surface area contributed by atoms with Crippen molar-refractivity contribution in [3.63, 3.8) is 0 Å². The van der Waals surface area contributed by atoms with Crippen LogP contribution in [-0.2, 0) is 19.7 Å². The number of nitro groups is 1. The molecule has 0 unspecified atom stereocenters. The van der Waals surface area contributed by atoms with E-state index in [1.807, 2.05) is 48.5 Å². The van der Waals surface area contributed by atoms with Crippen molar-refractivity contribution in [2.45, 2.75) is 32.2 Å². The molecule has 218 valence electrons. The molecule has 10 nitrogen and oxygen atoms in total. The van der Waals surface area contributed by atoms with Crippen LogP contribution in [0.5, 0.6) is 17.5 Å². The van der Waals surface area contributed by atoms with Crippen LogP contribution in [0, 0.1) is 10.1 Å². The molecule has 2 aliphatic heterocycles. The third-order valence-corrected chi connectivity index (χ3v) is 7.79. The molecule has 42 heavy (non-hydrogen) atoms. The van der Waals surface area contributed by atoms with E-state index in [1.165, 1.54) is 17.4 Å². The number of hydrogen-bond acceptors (Lipinski definition) is 8. The van der Waals surface area contributed by atoms with E-state index in [0.29, 0.717) is 26.2 Å². The van der Waals surface area contributed by atoms with Crippen LogP contribution in [0.3, 0.4) is 0 Å². The standard InChI is InChI=1S/C31H32ClN5O5/c32-25-5-1-24(2-6-25)21-40-27-9-3-23(4-10-27)19-34-15-17-35(18-16-34)26-7-11-28(12-8-26)41-22-29-13-14-36-20-30(37(38)39)33-31(36)42-29/h1-12,20,29H,13-19,21-22H2/t29-/m1/s1. The van der Waals surface area contributed by atoms with Crippen LogP contribution >= 0.6 is 11.6 Å². The van der Waals surface area contributed by atoms with Gasteiger partial charge in [0.15, 0.2) is 0 Å². The number of benzene rings is 3. The molecular formula is C31H32ClN5O5. The first-order chi connectivity index (χ1) is 20.5. The monoisotopic (exact) mass is 589 g/mol. The number of aryl methyl sites for hydroxylation is 1. The molecule has 1 saturated heterocycles. The van der Waals surface area contributed by atoms with Gasteiger partial charge in [-0.2, -0.15) is 0 Å². The van der Waals surface area contributed by atoms with Gasteiger partial charge in [-0.05, 0) is 64.6 Å². The van der Waals surface area contributed by atoms with Gasteiger partial charge in [-0.25, -0.2) is 0 Å². The predicted molar refractivity (Wildman–Crippen MR) is 160 cm³/mol. The molecule has 1 aromatic heterocycles. The molecule has 4 aromatic rings. The molecule has 3 aromatic carbocycles. The Labute approximate surface area is 249 Å². The van der Waals surface area contributed by atoms with Gasteiger partial charge in [-0.1, -0.05) is 35.9 Å². The highest BCUT2D eigenvalue weighted by atomic mass is 35.5. The summed E-state index contributed by atoms with van der Waals surface area (Å²) >= 11 is 5.95. The minimum atomic E-state index is -0.512. The Hall–Kier alpha value is -4.28. The van der Waals surface area contributed by atoms with Crippen molar-refractivity contribution in [1.82, 2.24) is 14.5 Å². The fraction of sp³-hybridized carbons (Fsp3) is 0.323. The van der Waals surface area contributed by atoms with E-state index < -0.39 is 4.92 Å². The Balaban J connectivity index is 0.923. The summed E-state index contributed by atoms with van der Waals surface area (Å²) in [6.45, 7) is 6.28. The fourth-order valence-electron chi connectivity index (χ4n) is 5.14. The lowest BCUT2D eigenvalue weighted by atomic mass is 10.1. The molecule has 0 spiro atoms. The number of rotatable bonds is 10. The van der Waals surface area contributed by atoms with E-state index in [4.69, 9.17) is 25.8 Å². The van der Waals surface area contributed by atoms with Crippen LogP contribution in [0.15, 0.2) is 79.0 Å². The first-order valence-electron chi connectivity index (χ1n) is 14.0. The average Bonchev–Trinajstić information content (AvgIpc) is 3.45. The van der Waals surface area contributed by atoms with E-state index in [9.17, 15) is 10.1 Å². The zero-order valence-corrected chi connectivity index (χ0v) is 23.9. The van der Waals surface area contributed by atoms with E-state index in [0.717, 1.165) is 54.8 Å². The minimum absolute atomic E-state index is 0.200. The van der Waals surface area contributed by atoms with E-state index in [1.54, 1.807) is 4.57 Å². The third kappa shape index (κ3) is 6.95. The Morgan fingerprint density at radius 1 is 0.881 bits per heavy atom. The summed E-state index contributed by atoms with van der Waals surface area (Å²) in [4.78, 5) is 19.2. The number of nitrogens with zero attached hydrogens (tertiary/aromatic N) is 5. The van der Waals surface area contributed by atoms with Gasteiger partial charge in [0.1, 0.15) is 37.0 Å². The number of anilines is 1. The lowest BCUT2D eigenvalue weighted by Gasteiger charge is -2.36. The molecule has 0 bridgehead atoms. The second-order valence-electron chi connectivity index (χ2n) is 10.5.